The first-order valence-corrected chi connectivity index (χ1v) is 8.79. The maximum Gasteiger partial charge on any atom is 0.337 e. The molecule has 0 saturated carbocycles. The van der Waals surface area contributed by atoms with E-state index in [1.165, 1.54) is 11.8 Å². The van der Waals surface area contributed by atoms with E-state index in [0.717, 1.165) is 16.5 Å². The van der Waals surface area contributed by atoms with Gasteiger partial charge in [-0.15, -0.1) is 40.4 Å². The third-order valence-electron chi connectivity index (χ3n) is 3.72. The Hall–Kier alpha value is -2.46. The molecule has 0 amide bonds. The summed E-state index contributed by atoms with van der Waals surface area (Å²) in [6, 6.07) is 15.2. The first-order valence-electron chi connectivity index (χ1n) is 7.91. The van der Waals surface area contributed by atoms with E-state index in [2.05, 4.69) is 32.4 Å². The van der Waals surface area contributed by atoms with Gasteiger partial charge in [0.25, 0.3) is 0 Å². The van der Waals surface area contributed by atoms with Crippen molar-refractivity contribution in [2.45, 2.75) is 6.54 Å². The minimum Gasteiger partial charge on any atom is -0.465 e. The van der Waals surface area contributed by atoms with Crippen LogP contribution in [0.1, 0.15) is 21.5 Å². The van der Waals surface area contributed by atoms with Crippen LogP contribution in [-0.2, 0) is 11.3 Å². The van der Waals surface area contributed by atoms with Gasteiger partial charge in [-0.1, -0.05) is 30.3 Å². The van der Waals surface area contributed by atoms with Gasteiger partial charge in [-0.25, -0.2) is 4.79 Å². The van der Waals surface area contributed by atoms with Gasteiger partial charge in [-0.05, 0) is 23.8 Å². The number of fused-ring (bicyclic) bond motifs is 1. The molecule has 1 aromatic heterocycles. The molecule has 2 aromatic carbocycles. The van der Waals surface area contributed by atoms with Gasteiger partial charge >= 0.3 is 5.97 Å². The zero-order chi connectivity index (χ0) is 18.4. The van der Waals surface area contributed by atoms with E-state index in [1.807, 2.05) is 29.6 Å². The number of hydrogen-bond donors (Lipinski definition) is 2. The van der Waals surface area contributed by atoms with Crippen LogP contribution in [0.3, 0.4) is 0 Å². The maximum absolute atomic E-state index is 11.4. The Bertz CT molecular complexity index is 967. The molecule has 1 heterocycles. The second kappa shape index (κ2) is 10.0. The largest absolute Gasteiger partial charge is 0.465 e. The van der Waals surface area contributed by atoms with Crippen LogP contribution < -0.4 is 11.1 Å². The van der Waals surface area contributed by atoms with Crippen molar-refractivity contribution in [3.8, 4) is 0 Å². The number of rotatable bonds is 5. The number of carbonyl (C=O) groups excluding carboxylic acids is 1. The normalized spacial score (nSPS) is 11.4. The third-order valence-corrected chi connectivity index (χ3v) is 4.70. The summed E-state index contributed by atoms with van der Waals surface area (Å²) in [5, 5.41) is 14.2. The van der Waals surface area contributed by atoms with Gasteiger partial charge in [-0.3, -0.25) is 0 Å². The number of nitrogens with two attached hydrogens (primary N) is 1. The van der Waals surface area contributed by atoms with E-state index in [-0.39, 0.29) is 35.9 Å². The number of ether oxygens (including phenoxy) is 1. The third kappa shape index (κ3) is 5.51. The number of esters is 1. The molecule has 3 rings (SSSR count). The van der Waals surface area contributed by atoms with Gasteiger partial charge < -0.3 is 15.8 Å². The molecule has 0 aliphatic heterocycles. The Balaban J connectivity index is 0.00000261. The second-order valence-corrected chi connectivity index (χ2v) is 6.37. The molecule has 8 heteroatoms. The van der Waals surface area contributed by atoms with Gasteiger partial charge in [-0.2, -0.15) is 5.10 Å². The van der Waals surface area contributed by atoms with Crippen molar-refractivity contribution in [3.63, 3.8) is 0 Å². The van der Waals surface area contributed by atoms with Crippen molar-refractivity contribution < 1.29 is 9.53 Å². The smallest absolute Gasteiger partial charge is 0.337 e. The van der Waals surface area contributed by atoms with E-state index in [9.17, 15) is 4.79 Å². The Morgan fingerprint density at radius 1 is 1.22 bits per heavy atom. The van der Waals surface area contributed by atoms with Crippen LogP contribution in [-0.4, -0.2) is 25.3 Å². The number of nitrogens with zero attached hydrogens (tertiary/aromatic N) is 2. The van der Waals surface area contributed by atoms with Crippen molar-refractivity contribution in [2.24, 2.45) is 15.9 Å². The number of guanidine groups is 1. The van der Waals surface area contributed by atoms with E-state index in [1.54, 1.807) is 29.7 Å². The minimum atomic E-state index is -0.360. The highest BCUT2D eigenvalue weighted by Crippen LogP contribution is 2.24. The molecule has 6 nitrogen and oxygen atoms in total. The fourth-order valence-corrected chi connectivity index (χ4v) is 3.27. The average Bonchev–Trinajstić information content (AvgIpc) is 3.09. The summed E-state index contributed by atoms with van der Waals surface area (Å²) >= 11 is 1.67. The highest BCUT2D eigenvalue weighted by Gasteiger charge is 2.04. The Morgan fingerprint density at radius 3 is 2.70 bits per heavy atom. The Labute approximate surface area is 178 Å². The van der Waals surface area contributed by atoms with Crippen molar-refractivity contribution in [3.05, 3.63) is 70.6 Å². The van der Waals surface area contributed by atoms with Crippen LogP contribution in [0, 0.1) is 0 Å². The molecule has 3 aromatic rings. The minimum absolute atomic E-state index is 0. The number of methoxy groups -OCH3 is 1. The zero-order valence-corrected chi connectivity index (χ0v) is 17.7. The maximum atomic E-state index is 11.4. The van der Waals surface area contributed by atoms with Gasteiger partial charge in [0.1, 0.15) is 0 Å². The summed E-state index contributed by atoms with van der Waals surface area (Å²) in [6.07, 6.45) is 1.69. The molecule has 27 heavy (non-hydrogen) atoms. The van der Waals surface area contributed by atoms with Crippen molar-refractivity contribution in [1.82, 2.24) is 5.32 Å². The Morgan fingerprint density at radius 2 is 1.96 bits per heavy atom. The van der Waals surface area contributed by atoms with Crippen LogP contribution in [0.2, 0.25) is 0 Å². The molecule has 0 aliphatic carbocycles. The van der Waals surface area contributed by atoms with E-state index in [4.69, 9.17) is 5.73 Å². The fraction of sp³-hybridized carbons (Fsp3) is 0.105. The first kappa shape index (κ1) is 20.8. The van der Waals surface area contributed by atoms with Crippen LogP contribution >= 0.6 is 35.3 Å². The summed E-state index contributed by atoms with van der Waals surface area (Å²) in [5.41, 5.74) is 8.31. The molecule has 0 radical (unpaired) electrons. The predicted molar refractivity (Wildman–Crippen MR) is 121 cm³/mol. The first-order chi connectivity index (χ1) is 12.7. The van der Waals surface area contributed by atoms with Crippen LogP contribution in [0.4, 0.5) is 0 Å². The summed E-state index contributed by atoms with van der Waals surface area (Å²) in [6.45, 7) is 0.480. The lowest BCUT2D eigenvalue weighted by Gasteiger charge is -2.05. The molecule has 0 aliphatic rings. The Kier molecular flexibility index (Phi) is 7.74. The summed E-state index contributed by atoms with van der Waals surface area (Å²) in [5.74, 6) is -0.140. The van der Waals surface area contributed by atoms with Gasteiger partial charge in [0.2, 0.25) is 5.96 Å². The predicted octanol–water partition coefficient (Wildman–Crippen LogP) is 3.74. The van der Waals surface area contributed by atoms with Crippen LogP contribution in [0.5, 0.6) is 0 Å². The monoisotopic (exact) mass is 494 g/mol. The van der Waals surface area contributed by atoms with Gasteiger partial charge in [0.05, 0.1) is 18.9 Å². The molecule has 0 spiro atoms. The van der Waals surface area contributed by atoms with E-state index >= 15 is 0 Å². The molecule has 0 unspecified atom stereocenters. The number of halogens is 1. The quantitative estimate of drug-likeness (QED) is 0.186. The molecular formula is C19H19IN4O2S. The molecule has 3 N–H and O–H groups in total. The lowest BCUT2D eigenvalue weighted by atomic mass is 10.1. The lowest BCUT2D eigenvalue weighted by Crippen LogP contribution is -2.30. The average molecular weight is 494 g/mol. The molecule has 0 atom stereocenters. The molecule has 140 valence electrons. The van der Waals surface area contributed by atoms with E-state index < -0.39 is 0 Å². The molecule has 0 fully saturated rings. The van der Waals surface area contributed by atoms with Crippen molar-refractivity contribution >= 4 is 63.5 Å². The number of benzene rings is 2. The standard InChI is InChI=1S/C19H18N4O2S.HI/c1-25-18(24)14-8-6-13(7-9-14)10-21-19(20)23-22-11-15-12-26-17-5-3-2-4-16(15)17;/h2-9,11-12H,10H2,1H3,(H3,20,21,23);1H/b22-11+;. The number of hydrogen-bond acceptors (Lipinski definition) is 5. The van der Waals surface area contributed by atoms with Gasteiger partial charge in [0, 0.05) is 27.6 Å². The topological polar surface area (TPSA) is 89.1 Å². The molecule has 0 bridgehead atoms. The second-order valence-electron chi connectivity index (χ2n) is 5.46. The fourth-order valence-electron chi connectivity index (χ4n) is 2.36. The zero-order valence-electron chi connectivity index (χ0n) is 14.6. The summed E-state index contributed by atoms with van der Waals surface area (Å²) in [7, 11) is 1.36. The summed E-state index contributed by atoms with van der Waals surface area (Å²) in [4.78, 5) is 11.4. The van der Waals surface area contributed by atoms with Crippen molar-refractivity contribution in [2.75, 3.05) is 7.11 Å². The SMILES string of the molecule is COC(=O)c1ccc(CN/C(N)=N/N=C/c2csc3ccccc23)cc1.I. The summed E-state index contributed by atoms with van der Waals surface area (Å²) < 4.78 is 5.87. The highest BCUT2D eigenvalue weighted by molar-refractivity contribution is 14.0. The molecular weight excluding hydrogens is 475 g/mol. The van der Waals surface area contributed by atoms with E-state index in [0.29, 0.717) is 12.1 Å². The highest BCUT2D eigenvalue weighted by atomic mass is 127. The van der Waals surface area contributed by atoms with Crippen LogP contribution in [0.25, 0.3) is 10.1 Å². The number of thiophene rings is 1. The number of nitrogens with one attached hydrogen (secondary N) is 1. The van der Waals surface area contributed by atoms with Gasteiger partial charge in [0.15, 0.2) is 0 Å². The van der Waals surface area contributed by atoms with Crippen molar-refractivity contribution in [1.29, 1.82) is 0 Å². The number of carbonyl (C=O) groups is 1. The molecule has 0 saturated heterocycles. The van der Waals surface area contributed by atoms with Crippen LogP contribution in [0.15, 0.2) is 64.1 Å². The lowest BCUT2D eigenvalue weighted by molar-refractivity contribution is 0.0600.